The summed E-state index contributed by atoms with van der Waals surface area (Å²) < 4.78 is 0. The summed E-state index contributed by atoms with van der Waals surface area (Å²) in [5.41, 5.74) is 0.877. The molecule has 11 heavy (non-hydrogen) atoms. The highest BCUT2D eigenvalue weighted by atomic mass is 32.2. The maximum atomic E-state index is 10.8. The van der Waals surface area contributed by atoms with Crippen molar-refractivity contribution in [1.82, 2.24) is 0 Å². The van der Waals surface area contributed by atoms with Gasteiger partial charge >= 0.3 is 0 Å². The Morgan fingerprint density at radius 2 is 1.73 bits per heavy atom. The molecule has 58 valence electrons. The number of hydrogen-bond acceptors (Lipinski definition) is 3. The van der Waals surface area contributed by atoms with Crippen LogP contribution in [0.5, 0.6) is 0 Å². The molecule has 1 rings (SSSR count). The summed E-state index contributed by atoms with van der Waals surface area (Å²) >= 11 is 1.48. The van der Waals surface area contributed by atoms with Crippen LogP contribution in [0.4, 0.5) is 0 Å². The Morgan fingerprint density at radius 3 is 2.27 bits per heavy atom. The van der Waals surface area contributed by atoms with Gasteiger partial charge in [0.25, 0.3) is 0 Å². The number of ketones is 2. The lowest BCUT2D eigenvalue weighted by molar-refractivity contribution is -0.131. The van der Waals surface area contributed by atoms with Gasteiger partial charge in [-0.1, -0.05) is 0 Å². The SMILES string of the molecule is CSC1=CC(=O)C(=O)C=C1C. The van der Waals surface area contributed by atoms with E-state index in [2.05, 4.69) is 0 Å². The predicted molar refractivity (Wildman–Crippen MR) is 45.4 cm³/mol. The third-order valence-corrected chi connectivity index (χ3v) is 2.34. The van der Waals surface area contributed by atoms with Gasteiger partial charge in [0.1, 0.15) is 0 Å². The Morgan fingerprint density at radius 1 is 1.18 bits per heavy atom. The van der Waals surface area contributed by atoms with E-state index < -0.39 is 11.6 Å². The van der Waals surface area contributed by atoms with E-state index in [-0.39, 0.29) is 0 Å². The lowest BCUT2D eigenvalue weighted by Gasteiger charge is -2.07. The quantitative estimate of drug-likeness (QED) is 0.437. The summed E-state index contributed by atoms with van der Waals surface area (Å²) in [6.07, 6.45) is 4.66. The van der Waals surface area contributed by atoms with E-state index in [1.807, 2.05) is 13.2 Å². The first-order valence-electron chi connectivity index (χ1n) is 3.18. The molecule has 0 atom stereocenters. The van der Waals surface area contributed by atoms with Crippen molar-refractivity contribution in [3.8, 4) is 0 Å². The number of hydrogen-bond donors (Lipinski definition) is 0. The molecule has 0 heterocycles. The minimum atomic E-state index is -0.417. The van der Waals surface area contributed by atoms with Crippen molar-refractivity contribution >= 4 is 23.3 Å². The predicted octanol–water partition coefficient (Wildman–Crippen LogP) is 1.33. The second-order valence-corrected chi connectivity index (χ2v) is 3.12. The smallest absolute Gasteiger partial charge is 0.226 e. The van der Waals surface area contributed by atoms with Crippen molar-refractivity contribution in [2.45, 2.75) is 6.92 Å². The molecule has 1 aliphatic carbocycles. The maximum Gasteiger partial charge on any atom is 0.226 e. The molecule has 3 heteroatoms. The summed E-state index contributed by atoms with van der Waals surface area (Å²) in [6, 6.07) is 0. The van der Waals surface area contributed by atoms with Crippen molar-refractivity contribution in [3.63, 3.8) is 0 Å². The third-order valence-electron chi connectivity index (χ3n) is 1.46. The number of carbonyl (C=O) groups excluding carboxylic acids is 2. The van der Waals surface area contributed by atoms with Gasteiger partial charge in [-0.2, -0.15) is 0 Å². The lowest BCUT2D eigenvalue weighted by Crippen LogP contribution is -2.12. The first kappa shape index (κ1) is 8.27. The highest BCUT2D eigenvalue weighted by Gasteiger charge is 2.16. The summed E-state index contributed by atoms with van der Waals surface area (Å²) in [4.78, 5) is 22.5. The molecule has 0 aromatic heterocycles. The fourth-order valence-electron chi connectivity index (χ4n) is 0.863. The molecule has 0 aliphatic heterocycles. The van der Waals surface area contributed by atoms with Crippen LogP contribution < -0.4 is 0 Å². The Bertz CT molecular complexity index is 274. The molecule has 0 unspecified atom stereocenters. The molecule has 0 spiro atoms. The van der Waals surface area contributed by atoms with E-state index >= 15 is 0 Å². The van der Waals surface area contributed by atoms with Gasteiger partial charge in [0, 0.05) is 11.0 Å². The van der Waals surface area contributed by atoms with Crippen LogP contribution >= 0.6 is 11.8 Å². The number of thioether (sulfide) groups is 1. The van der Waals surface area contributed by atoms with Crippen LogP contribution in [0.15, 0.2) is 22.6 Å². The summed E-state index contributed by atoms with van der Waals surface area (Å²) in [5, 5.41) is 0. The highest BCUT2D eigenvalue weighted by Crippen LogP contribution is 2.23. The molecule has 0 fully saturated rings. The zero-order valence-corrected chi connectivity index (χ0v) is 7.20. The van der Waals surface area contributed by atoms with Gasteiger partial charge < -0.3 is 0 Å². The van der Waals surface area contributed by atoms with E-state index in [0.29, 0.717) is 0 Å². The van der Waals surface area contributed by atoms with Crippen LogP contribution in [0.1, 0.15) is 6.92 Å². The van der Waals surface area contributed by atoms with E-state index in [4.69, 9.17) is 0 Å². The molecular formula is C8H8O2S. The van der Waals surface area contributed by atoms with Gasteiger partial charge in [-0.3, -0.25) is 9.59 Å². The van der Waals surface area contributed by atoms with Gasteiger partial charge in [-0.25, -0.2) is 0 Å². The zero-order chi connectivity index (χ0) is 8.43. The first-order chi connectivity index (χ1) is 5.15. The normalized spacial score (nSPS) is 18.0. The van der Waals surface area contributed by atoms with Crippen molar-refractivity contribution in [1.29, 1.82) is 0 Å². The van der Waals surface area contributed by atoms with E-state index in [0.717, 1.165) is 10.5 Å². The van der Waals surface area contributed by atoms with E-state index in [9.17, 15) is 9.59 Å². The highest BCUT2D eigenvalue weighted by molar-refractivity contribution is 8.02. The van der Waals surface area contributed by atoms with Crippen LogP contribution in [-0.4, -0.2) is 17.8 Å². The fraction of sp³-hybridized carbons (Fsp3) is 0.250. The topological polar surface area (TPSA) is 34.1 Å². The summed E-state index contributed by atoms with van der Waals surface area (Å²) in [7, 11) is 0. The van der Waals surface area contributed by atoms with Crippen LogP contribution in [0.2, 0.25) is 0 Å². The average molecular weight is 168 g/mol. The van der Waals surface area contributed by atoms with Crippen LogP contribution in [0.25, 0.3) is 0 Å². The summed E-state index contributed by atoms with van der Waals surface area (Å²) in [5.74, 6) is -0.833. The monoisotopic (exact) mass is 168 g/mol. The molecule has 0 radical (unpaired) electrons. The molecule has 1 aliphatic rings. The van der Waals surface area contributed by atoms with Crippen molar-refractivity contribution in [2.75, 3.05) is 6.26 Å². The van der Waals surface area contributed by atoms with Gasteiger partial charge in [0.05, 0.1) is 0 Å². The molecule has 0 aromatic carbocycles. The molecule has 0 aromatic rings. The molecule has 0 saturated heterocycles. The summed E-state index contributed by atoms with van der Waals surface area (Å²) in [6.45, 7) is 1.83. The largest absolute Gasteiger partial charge is 0.286 e. The van der Waals surface area contributed by atoms with Crippen LogP contribution in [-0.2, 0) is 9.59 Å². The molecule has 0 N–H and O–H groups in total. The molecule has 0 amide bonds. The van der Waals surface area contributed by atoms with E-state index in [1.165, 1.54) is 23.9 Å². The lowest BCUT2D eigenvalue weighted by atomic mass is 10.1. The Balaban J connectivity index is 3.00. The van der Waals surface area contributed by atoms with Gasteiger partial charge in [-0.05, 0) is 24.8 Å². The Kier molecular flexibility index (Phi) is 2.29. The second kappa shape index (κ2) is 3.05. The number of rotatable bonds is 1. The van der Waals surface area contributed by atoms with Gasteiger partial charge in [0.2, 0.25) is 11.6 Å². The van der Waals surface area contributed by atoms with Crippen LogP contribution in [0.3, 0.4) is 0 Å². The minimum Gasteiger partial charge on any atom is -0.286 e. The number of allylic oxidation sites excluding steroid dienone is 3. The Labute approximate surface area is 69.4 Å². The average Bonchev–Trinajstić information content (AvgIpc) is 1.97. The van der Waals surface area contributed by atoms with Crippen molar-refractivity contribution in [2.24, 2.45) is 0 Å². The number of carbonyl (C=O) groups is 2. The zero-order valence-electron chi connectivity index (χ0n) is 6.38. The second-order valence-electron chi connectivity index (χ2n) is 2.27. The molecule has 2 nitrogen and oxygen atoms in total. The molecule has 0 bridgehead atoms. The van der Waals surface area contributed by atoms with Gasteiger partial charge in [-0.15, -0.1) is 11.8 Å². The third kappa shape index (κ3) is 1.60. The standard InChI is InChI=1S/C8H8O2S/c1-5-3-6(9)7(10)4-8(5)11-2/h3-4H,1-2H3. The Hall–Kier alpha value is -0.830. The first-order valence-corrected chi connectivity index (χ1v) is 4.40. The van der Waals surface area contributed by atoms with E-state index in [1.54, 1.807) is 0 Å². The van der Waals surface area contributed by atoms with Crippen molar-refractivity contribution in [3.05, 3.63) is 22.6 Å². The molecular weight excluding hydrogens is 160 g/mol. The minimum absolute atomic E-state index is 0.416. The van der Waals surface area contributed by atoms with Gasteiger partial charge in [0.15, 0.2) is 0 Å². The van der Waals surface area contributed by atoms with Crippen molar-refractivity contribution < 1.29 is 9.59 Å². The van der Waals surface area contributed by atoms with Crippen LogP contribution in [0, 0.1) is 0 Å². The fourth-order valence-corrected chi connectivity index (χ4v) is 1.47. The molecule has 0 saturated carbocycles. The maximum absolute atomic E-state index is 10.8.